The number of hydrogen-bond acceptors (Lipinski definition) is 2. The third-order valence-corrected chi connectivity index (χ3v) is 3.47. The summed E-state index contributed by atoms with van der Waals surface area (Å²) < 4.78 is 91.5. The summed E-state index contributed by atoms with van der Waals surface area (Å²) in [5, 5.41) is 9.33. The lowest BCUT2D eigenvalue weighted by atomic mass is 9.88. The lowest BCUT2D eigenvalue weighted by Crippen LogP contribution is -2.54. The van der Waals surface area contributed by atoms with Gasteiger partial charge in [-0.25, -0.2) is 4.39 Å². The van der Waals surface area contributed by atoms with Crippen molar-refractivity contribution in [1.82, 2.24) is 0 Å². The van der Waals surface area contributed by atoms with Gasteiger partial charge in [-0.2, -0.15) is 26.3 Å². The van der Waals surface area contributed by atoms with Gasteiger partial charge in [0.15, 0.2) is 5.82 Å². The van der Waals surface area contributed by atoms with Gasteiger partial charge in [-0.05, 0) is 5.56 Å². The van der Waals surface area contributed by atoms with Crippen LogP contribution in [0.4, 0.5) is 36.4 Å². The van der Waals surface area contributed by atoms with E-state index in [1.807, 2.05) is 0 Å². The number of rotatable bonds is 2. The topological polar surface area (TPSA) is 46.2 Å². The average molecular weight is 353 g/mol. The normalized spacial score (nSPS) is 13.2. The van der Waals surface area contributed by atoms with E-state index in [1.54, 1.807) is 6.07 Å². The van der Waals surface area contributed by atoms with Crippen LogP contribution in [-0.2, 0) is 5.60 Å². The van der Waals surface area contributed by atoms with Crippen LogP contribution in [0.1, 0.15) is 5.56 Å². The molecule has 0 unspecified atom stereocenters. The molecule has 2 nitrogen and oxygen atoms in total. The highest BCUT2D eigenvalue weighted by Crippen LogP contribution is 2.52. The van der Waals surface area contributed by atoms with E-state index in [4.69, 9.17) is 5.73 Å². The summed E-state index contributed by atoms with van der Waals surface area (Å²) in [4.78, 5) is 0. The van der Waals surface area contributed by atoms with E-state index in [9.17, 15) is 35.8 Å². The van der Waals surface area contributed by atoms with E-state index < -0.39 is 35.0 Å². The molecule has 0 bridgehead atoms. The number of nitrogen functional groups attached to an aromatic ring is 1. The minimum Gasteiger partial charge on any atom is -0.396 e. The van der Waals surface area contributed by atoms with Crippen LogP contribution in [0.5, 0.6) is 0 Å². The predicted molar refractivity (Wildman–Crippen MR) is 72.3 cm³/mol. The largest absolute Gasteiger partial charge is 0.430 e. The number of halogens is 7. The molecular weight excluding hydrogens is 343 g/mol. The van der Waals surface area contributed by atoms with Crippen LogP contribution in [0.15, 0.2) is 42.5 Å². The first-order valence-corrected chi connectivity index (χ1v) is 6.41. The fourth-order valence-electron chi connectivity index (χ4n) is 2.22. The van der Waals surface area contributed by atoms with Crippen LogP contribution in [0.2, 0.25) is 0 Å². The number of nitrogens with two attached hydrogens (primary N) is 1. The van der Waals surface area contributed by atoms with Gasteiger partial charge >= 0.3 is 12.4 Å². The van der Waals surface area contributed by atoms with Crippen molar-refractivity contribution in [1.29, 1.82) is 0 Å². The maximum Gasteiger partial charge on any atom is 0.430 e. The van der Waals surface area contributed by atoms with E-state index in [0.29, 0.717) is 12.1 Å². The molecule has 0 aliphatic heterocycles. The molecule has 24 heavy (non-hydrogen) atoms. The minimum absolute atomic E-state index is 0.204. The average Bonchev–Trinajstić information content (AvgIpc) is 2.48. The van der Waals surface area contributed by atoms with Crippen molar-refractivity contribution >= 4 is 5.69 Å². The van der Waals surface area contributed by atoms with Crippen LogP contribution in [0.3, 0.4) is 0 Å². The predicted octanol–water partition coefficient (Wildman–Crippen LogP) is 4.39. The second-order valence-electron chi connectivity index (χ2n) is 4.96. The van der Waals surface area contributed by atoms with Crippen LogP contribution < -0.4 is 5.73 Å². The molecule has 130 valence electrons. The molecule has 0 aliphatic rings. The Morgan fingerprint density at radius 1 is 0.792 bits per heavy atom. The van der Waals surface area contributed by atoms with Gasteiger partial charge in [0, 0.05) is 11.1 Å². The van der Waals surface area contributed by atoms with Crippen LogP contribution in [0, 0.1) is 5.82 Å². The highest BCUT2D eigenvalue weighted by atomic mass is 19.4. The summed E-state index contributed by atoms with van der Waals surface area (Å²) in [7, 11) is 0. The smallest absolute Gasteiger partial charge is 0.396 e. The van der Waals surface area contributed by atoms with E-state index in [1.165, 1.54) is 24.3 Å². The Balaban J connectivity index is 2.71. The Kier molecular flexibility index (Phi) is 4.26. The van der Waals surface area contributed by atoms with Gasteiger partial charge in [-0.15, -0.1) is 0 Å². The van der Waals surface area contributed by atoms with Crippen LogP contribution >= 0.6 is 0 Å². The van der Waals surface area contributed by atoms with Crippen molar-refractivity contribution in [2.45, 2.75) is 18.0 Å². The fraction of sp³-hybridized carbons (Fsp3) is 0.200. The molecule has 3 N–H and O–H groups in total. The Labute approximate surface area is 131 Å². The Morgan fingerprint density at radius 2 is 1.29 bits per heavy atom. The molecule has 0 spiro atoms. The molecule has 0 saturated carbocycles. The molecule has 0 radical (unpaired) electrons. The number of alkyl halides is 6. The monoisotopic (exact) mass is 353 g/mol. The highest BCUT2D eigenvalue weighted by Gasteiger charge is 2.72. The molecule has 9 heteroatoms. The molecular formula is C15H10F7NO. The number of anilines is 1. The zero-order valence-corrected chi connectivity index (χ0v) is 11.7. The van der Waals surface area contributed by atoms with Gasteiger partial charge in [0.25, 0.3) is 5.60 Å². The zero-order valence-electron chi connectivity index (χ0n) is 11.7. The summed E-state index contributed by atoms with van der Waals surface area (Å²) in [6, 6.07) is 8.42. The lowest BCUT2D eigenvalue weighted by molar-refractivity contribution is -0.376. The minimum atomic E-state index is -6.14. The van der Waals surface area contributed by atoms with Gasteiger partial charge in [0.2, 0.25) is 0 Å². The van der Waals surface area contributed by atoms with Crippen molar-refractivity contribution in [3.05, 3.63) is 53.8 Å². The van der Waals surface area contributed by atoms with Crippen molar-refractivity contribution in [3.8, 4) is 11.1 Å². The molecule has 0 saturated heterocycles. The molecule has 0 aliphatic carbocycles. The molecule has 0 amide bonds. The van der Waals surface area contributed by atoms with Gasteiger partial charge < -0.3 is 10.8 Å². The molecule has 0 aromatic heterocycles. The van der Waals surface area contributed by atoms with E-state index in [-0.39, 0.29) is 11.1 Å². The molecule has 0 fully saturated rings. The Bertz CT molecular complexity index is 724. The SMILES string of the molecule is Nc1c(C(O)(C(F)(F)F)C(F)(F)F)ccc(-c2ccccc2)c1F. The lowest BCUT2D eigenvalue weighted by Gasteiger charge is -2.33. The van der Waals surface area contributed by atoms with Crippen LogP contribution in [-0.4, -0.2) is 17.5 Å². The van der Waals surface area contributed by atoms with Gasteiger partial charge in [-0.3, -0.25) is 0 Å². The quantitative estimate of drug-likeness (QED) is 0.621. The third kappa shape index (κ3) is 2.68. The Hall–Kier alpha value is -2.29. The van der Waals surface area contributed by atoms with Crippen molar-refractivity contribution < 1.29 is 35.8 Å². The molecule has 2 rings (SSSR count). The maximum atomic E-state index is 14.3. The summed E-state index contributed by atoms with van der Waals surface area (Å²) >= 11 is 0. The third-order valence-electron chi connectivity index (χ3n) is 3.47. The van der Waals surface area contributed by atoms with Crippen LogP contribution in [0.25, 0.3) is 11.1 Å². The second-order valence-corrected chi connectivity index (χ2v) is 4.96. The molecule has 2 aromatic rings. The van der Waals surface area contributed by atoms with E-state index in [0.717, 1.165) is 0 Å². The maximum absolute atomic E-state index is 14.3. The summed E-state index contributed by atoms with van der Waals surface area (Å²) in [5.74, 6) is -1.48. The standard InChI is InChI=1S/C15H10F7NO/c16-11-9(8-4-2-1-3-5-8)6-7-10(12(11)23)13(24,14(17,18)19)15(20,21)22/h1-7,24H,23H2. The zero-order chi connectivity index (χ0) is 18.3. The van der Waals surface area contributed by atoms with Crippen molar-refractivity contribution in [2.75, 3.05) is 5.73 Å². The number of benzene rings is 2. The van der Waals surface area contributed by atoms with E-state index >= 15 is 0 Å². The van der Waals surface area contributed by atoms with Gasteiger partial charge in [0.05, 0.1) is 5.69 Å². The summed E-state index contributed by atoms with van der Waals surface area (Å²) in [5.41, 5.74) is -3.42. The molecule has 2 aromatic carbocycles. The van der Waals surface area contributed by atoms with Gasteiger partial charge in [0.1, 0.15) is 0 Å². The van der Waals surface area contributed by atoms with Crippen molar-refractivity contribution in [2.24, 2.45) is 0 Å². The molecule has 0 heterocycles. The van der Waals surface area contributed by atoms with E-state index in [2.05, 4.69) is 0 Å². The second kappa shape index (κ2) is 5.66. The first-order valence-electron chi connectivity index (χ1n) is 6.41. The summed E-state index contributed by atoms with van der Waals surface area (Å²) in [6.07, 6.45) is -12.3. The fourth-order valence-corrected chi connectivity index (χ4v) is 2.22. The molecule has 0 atom stereocenters. The number of aliphatic hydroxyl groups is 1. The first-order chi connectivity index (χ1) is 10.9. The first kappa shape index (κ1) is 18.1. The highest BCUT2D eigenvalue weighted by molar-refractivity contribution is 5.71. The number of hydrogen-bond donors (Lipinski definition) is 2. The Morgan fingerprint density at radius 3 is 1.75 bits per heavy atom. The van der Waals surface area contributed by atoms with Gasteiger partial charge in [-0.1, -0.05) is 42.5 Å². The van der Waals surface area contributed by atoms with Crippen molar-refractivity contribution in [3.63, 3.8) is 0 Å². The summed E-state index contributed by atoms with van der Waals surface area (Å²) in [6.45, 7) is 0.